The van der Waals surface area contributed by atoms with E-state index in [0.29, 0.717) is 16.8 Å². The van der Waals surface area contributed by atoms with E-state index in [9.17, 15) is 8.78 Å². The minimum absolute atomic E-state index is 0.147. The Morgan fingerprint density at radius 1 is 1.14 bits per heavy atom. The third-order valence-electron chi connectivity index (χ3n) is 2.89. The predicted molar refractivity (Wildman–Crippen MR) is 76.4 cm³/mol. The minimum atomic E-state index is -0.463. The van der Waals surface area contributed by atoms with E-state index in [1.807, 2.05) is 0 Å². The zero-order valence-corrected chi connectivity index (χ0v) is 11.8. The Kier molecular flexibility index (Phi) is 4.87. The second-order valence-electron chi connectivity index (χ2n) is 4.43. The molecular formula is C16H15F2NO2. The summed E-state index contributed by atoms with van der Waals surface area (Å²) in [5.74, 6) is -0.615. The Hall–Kier alpha value is -2.43. The fourth-order valence-electron chi connectivity index (χ4n) is 1.77. The first-order valence-electron chi connectivity index (χ1n) is 6.35. The molecule has 0 aromatic heterocycles. The molecule has 0 amide bonds. The molecule has 0 aliphatic rings. The van der Waals surface area contributed by atoms with Crippen molar-refractivity contribution in [3.8, 4) is 5.75 Å². The number of hydrogen-bond donors (Lipinski definition) is 0. The van der Waals surface area contributed by atoms with Gasteiger partial charge in [-0.25, -0.2) is 8.78 Å². The van der Waals surface area contributed by atoms with Crippen LogP contribution in [-0.2, 0) is 11.4 Å². The van der Waals surface area contributed by atoms with Crippen molar-refractivity contribution >= 4 is 5.71 Å². The molecule has 0 saturated carbocycles. The van der Waals surface area contributed by atoms with Crippen molar-refractivity contribution < 1.29 is 18.4 Å². The molecule has 21 heavy (non-hydrogen) atoms. The lowest BCUT2D eigenvalue weighted by atomic mass is 10.1. The first-order valence-corrected chi connectivity index (χ1v) is 6.35. The third-order valence-corrected chi connectivity index (χ3v) is 2.89. The Labute approximate surface area is 121 Å². The highest BCUT2D eigenvalue weighted by molar-refractivity contribution is 5.98. The molecule has 0 saturated heterocycles. The van der Waals surface area contributed by atoms with Crippen molar-refractivity contribution in [1.82, 2.24) is 0 Å². The molecule has 0 heterocycles. The summed E-state index contributed by atoms with van der Waals surface area (Å²) >= 11 is 0. The summed E-state index contributed by atoms with van der Waals surface area (Å²) in [6.07, 6.45) is 0. The van der Waals surface area contributed by atoms with E-state index < -0.39 is 5.82 Å². The Morgan fingerprint density at radius 2 is 1.95 bits per heavy atom. The van der Waals surface area contributed by atoms with Crippen LogP contribution in [-0.4, -0.2) is 12.8 Å². The van der Waals surface area contributed by atoms with Gasteiger partial charge < -0.3 is 9.57 Å². The predicted octanol–water partition coefficient (Wildman–Crippen LogP) is 3.91. The second-order valence-corrected chi connectivity index (χ2v) is 4.43. The summed E-state index contributed by atoms with van der Waals surface area (Å²) in [7, 11) is 1.40. The van der Waals surface area contributed by atoms with Gasteiger partial charge in [0.1, 0.15) is 12.4 Å². The minimum Gasteiger partial charge on any atom is -0.494 e. The average Bonchev–Trinajstić information content (AvgIpc) is 2.47. The number of rotatable bonds is 5. The van der Waals surface area contributed by atoms with Crippen LogP contribution in [0.15, 0.2) is 47.6 Å². The van der Waals surface area contributed by atoms with Gasteiger partial charge in [0.25, 0.3) is 0 Å². The Balaban J connectivity index is 2.02. The SMILES string of the molecule is COc1ccc(C(C)=NOCc2cccc(F)c2)cc1F. The third kappa shape index (κ3) is 4.02. The number of ether oxygens (including phenoxy) is 1. The van der Waals surface area contributed by atoms with Crippen LogP contribution < -0.4 is 4.74 Å². The van der Waals surface area contributed by atoms with Crippen molar-refractivity contribution in [3.05, 3.63) is 65.2 Å². The Morgan fingerprint density at radius 3 is 2.62 bits per heavy atom. The van der Waals surface area contributed by atoms with Gasteiger partial charge in [0.2, 0.25) is 0 Å². The molecule has 0 aliphatic heterocycles. The van der Waals surface area contributed by atoms with Gasteiger partial charge in [-0.3, -0.25) is 0 Å². The fraction of sp³-hybridized carbons (Fsp3) is 0.188. The summed E-state index contributed by atoms with van der Waals surface area (Å²) in [6, 6.07) is 10.6. The van der Waals surface area contributed by atoms with Crippen LogP contribution >= 0.6 is 0 Å². The number of benzene rings is 2. The van der Waals surface area contributed by atoms with Crippen molar-refractivity contribution in [1.29, 1.82) is 0 Å². The first-order chi connectivity index (χ1) is 10.1. The van der Waals surface area contributed by atoms with E-state index in [1.165, 1.54) is 31.4 Å². The molecule has 0 aliphatic carbocycles. The van der Waals surface area contributed by atoms with Crippen LogP contribution in [0.4, 0.5) is 8.78 Å². The number of nitrogens with zero attached hydrogens (tertiary/aromatic N) is 1. The molecule has 3 nitrogen and oxygen atoms in total. The van der Waals surface area contributed by atoms with Crippen molar-refractivity contribution in [3.63, 3.8) is 0 Å². The zero-order chi connectivity index (χ0) is 15.2. The van der Waals surface area contributed by atoms with Crippen LogP contribution in [0.25, 0.3) is 0 Å². The van der Waals surface area contributed by atoms with Gasteiger partial charge in [-0.2, -0.15) is 0 Å². The van der Waals surface area contributed by atoms with Gasteiger partial charge in [-0.05, 0) is 42.8 Å². The second kappa shape index (κ2) is 6.83. The van der Waals surface area contributed by atoms with E-state index in [0.717, 1.165) is 0 Å². The van der Waals surface area contributed by atoms with Gasteiger partial charge >= 0.3 is 0 Å². The molecule has 0 fully saturated rings. The smallest absolute Gasteiger partial charge is 0.165 e. The average molecular weight is 291 g/mol. The van der Waals surface area contributed by atoms with Gasteiger partial charge in [-0.1, -0.05) is 17.3 Å². The molecular weight excluding hydrogens is 276 g/mol. The molecule has 0 bridgehead atoms. The molecule has 2 rings (SSSR count). The summed E-state index contributed by atoms with van der Waals surface area (Å²) < 4.78 is 31.4. The molecule has 2 aromatic carbocycles. The molecule has 0 N–H and O–H groups in total. The van der Waals surface area contributed by atoms with E-state index in [1.54, 1.807) is 25.1 Å². The topological polar surface area (TPSA) is 30.8 Å². The lowest BCUT2D eigenvalue weighted by Gasteiger charge is -2.05. The van der Waals surface area contributed by atoms with Crippen molar-refractivity contribution in [2.75, 3.05) is 7.11 Å². The largest absolute Gasteiger partial charge is 0.494 e. The maximum atomic E-state index is 13.6. The highest BCUT2D eigenvalue weighted by Crippen LogP contribution is 2.18. The van der Waals surface area contributed by atoms with Crippen LogP contribution in [0.3, 0.4) is 0 Å². The van der Waals surface area contributed by atoms with Gasteiger partial charge in [0.05, 0.1) is 12.8 Å². The monoisotopic (exact) mass is 291 g/mol. The molecule has 0 spiro atoms. The molecule has 110 valence electrons. The number of oxime groups is 1. The molecule has 0 radical (unpaired) electrons. The van der Waals surface area contributed by atoms with Crippen LogP contribution in [0, 0.1) is 11.6 Å². The fourth-order valence-corrected chi connectivity index (χ4v) is 1.77. The Bertz CT molecular complexity index is 656. The summed E-state index contributed by atoms with van der Waals surface area (Å²) in [4.78, 5) is 5.15. The van der Waals surface area contributed by atoms with Crippen molar-refractivity contribution in [2.45, 2.75) is 13.5 Å². The first kappa shape index (κ1) is 15.0. The molecule has 0 atom stereocenters. The lowest BCUT2D eigenvalue weighted by molar-refractivity contribution is 0.130. The van der Waals surface area contributed by atoms with E-state index in [4.69, 9.17) is 9.57 Å². The maximum Gasteiger partial charge on any atom is 0.165 e. The molecule has 2 aromatic rings. The van der Waals surface area contributed by atoms with Gasteiger partial charge in [0.15, 0.2) is 11.6 Å². The maximum absolute atomic E-state index is 13.6. The number of halogens is 2. The summed E-state index contributed by atoms with van der Waals surface area (Å²) in [5, 5.41) is 3.90. The van der Waals surface area contributed by atoms with Crippen LogP contribution in [0.5, 0.6) is 5.75 Å². The quantitative estimate of drug-likeness (QED) is 0.617. The number of hydrogen-bond acceptors (Lipinski definition) is 3. The molecule has 0 unspecified atom stereocenters. The molecule has 5 heteroatoms. The van der Waals surface area contributed by atoms with E-state index in [-0.39, 0.29) is 18.2 Å². The summed E-state index contributed by atoms with van der Waals surface area (Å²) in [5.41, 5.74) is 1.79. The van der Waals surface area contributed by atoms with E-state index in [2.05, 4.69) is 5.16 Å². The van der Waals surface area contributed by atoms with Gasteiger partial charge in [0, 0.05) is 5.56 Å². The highest BCUT2D eigenvalue weighted by Gasteiger charge is 2.06. The number of methoxy groups -OCH3 is 1. The van der Waals surface area contributed by atoms with E-state index >= 15 is 0 Å². The van der Waals surface area contributed by atoms with Gasteiger partial charge in [-0.15, -0.1) is 0 Å². The summed E-state index contributed by atoms with van der Waals surface area (Å²) in [6.45, 7) is 1.85. The highest BCUT2D eigenvalue weighted by atomic mass is 19.1. The van der Waals surface area contributed by atoms with Crippen molar-refractivity contribution in [2.24, 2.45) is 5.16 Å². The zero-order valence-electron chi connectivity index (χ0n) is 11.8. The standard InChI is InChI=1S/C16H15F2NO2/c1-11(13-6-7-16(20-2)15(18)9-13)19-21-10-12-4-3-5-14(17)8-12/h3-9H,10H2,1-2H3. The normalized spacial score (nSPS) is 11.3. The lowest BCUT2D eigenvalue weighted by Crippen LogP contribution is -1.99. The van der Waals surface area contributed by atoms with Crippen LogP contribution in [0.2, 0.25) is 0 Å². The van der Waals surface area contributed by atoms with Crippen LogP contribution in [0.1, 0.15) is 18.1 Å².